The first-order valence-corrected chi connectivity index (χ1v) is 7.11. The summed E-state index contributed by atoms with van der Waals surface area (Å²) in [5, 5.41) is 3.48. The number of methoxy groups -OCH3 is 1. The molecule has 0 fully saturated rings. The number of aryl methyl sites for hydroxylation is 1. The van der Waals surface area contributed by atoms with Gasteiger partial charge in [0.2, 0.25) is 0 Å². The lowest BCUT2D eigenvalue weighted by atomic mass is 10.1. The van der Waals surface area contributed by atoms with Crippen molar-refractivity contribution in [3.63, 3.8) is 0 Å². The first-order valence-electron chi connectivity index (χ1n) is 7.11. The van der Waals surface area contributed by atoms with Crippen LogP contribution in [-0.2, 0) is 6.54 Å². The molecule has 1 aromatic carbocycles. The van der Waals surface area contributed by atoms with Crippen LogP contribution in [0.1, 0.15) is 23.0 Å². The molecule has 1 heterocycles. The van der Waals surface area contributed by atoms with Gasteiger partial charge in [-0.2, -0.15) is 0 Å². The molecule has 0 amide bonds. The Labute approximate surface area is 126 Å². The fraction of sp³-hybridized carbons (Fsp3) is 0.438. The van der Waals surface area contributed by atoms with Gasteiger partial charge >= 0.3 is 0 Å². The van der Waals surface area contributed by atoms with E-state index in [0.29, 0.717) is 6.04 Å². The van der Waals surface area contributed by atoms with Crippen molar-refractivity contribution in [2.24, 2.45) is 0 Å². The van der Waals surface area contributed by atoms with Gasteiger partial charge in [0.25, 0.3) is 0 Å². The summed E-state index contributed by atoms with van der Waals surface area (Å²) in [7, 11) is 5.87. The number of hydrogen-bond acceptors (Lipinski definition) is 4. The number of aromatic amines is 1. The molecule has 2 N–H and O–H groups in total. The molecule has 0 aliphatic carbocycles. The van der Waals surface area contributed by atoms with Gasteiger partial charge < -0.3 is 19.9 Å². The zero-order valence-corrected chi connectivity index (χ0v) is 13.2. The van der Waals surface area contributed by atoms with Crippen LogP contribution in [0.3, 0.4) is 0 Å². The van der Waals surface area contributed by atoms with Crippen molar-refractivity contribution < 1.29 is 4.74 Å². The number of nitrogens with one attached hydrogen (secondary N) is 2. The molecule has 0 saturated carbocycles. The number of nitrogens with zero attached hydrogens (tertiary/aromatic N) is 2. The van der Waals surface area contributed by atoms with E-state index in [9.17, 15) is 0 Å². The van der Waals surface area contributed by atoms with Crippen molar-refractivity contribution in [2.75, 3.05) is 27.7 Å². The summed E-state index contributed by atoms with van der Waals surface area (Å²) in [6, 6.07) is 8.51. The first kappa shape index (κ1) is 15.5. The van der Waals surface area contributed by atoms with Crippen molar-refractivity contribution in [3.8, 4) is 5.75 Å². The van der Waals surface area contributed by atoms with Gasteiger partial charge in [0.15, 0.2) is 0 Å². The Bertz CT molecular complexity index is 565. The van der Waals surface area contributed by atoms with Gasteiger partial charge in [0, 0.05) is 24.8 Å². The minimum Gasteiger partial charge on any atom is -0.497 e. The van der Waals surface area contributed by atoms with Crippen LogP contribution < -0.4 is 10.1 Å². The third-order valence-corrected chi connectivity index (χ3v) is 3.67. The second-order valence-corrected chi connectivity index (χ2v) is 5.36. The second kappa shape index (κ2) is 7.24. The van der Waals surface area contributed by atoms with Gasteiger partial charge in [-0.05, 0) is 38.7 Å². The van der Waals surface area contributed by atoms with E-state index in [0.717, 1.165) is 30.2 Å². The molecule has 1 unspecified atom stereocenters. The Morgan fingerprint density at radius 3 is 2.81 bits per heavy atom. The maximum Gasteiger partial charge on any atom is 0.119 e. The Balaban J connectivity index is 2.00. The molecule has 0 aliphatic rings. The van der Waals surface area contributed by atoms with Gasteiger partial charge in [-0.1, -0.05) is 12.1 Å². The summed E-state index contributed by atoms with van der Waals surface area (Å²) in [6.07, 6.45) is 1.73. The van der Waals surface area contributed by atoms with Crippen LogP contribution in [0.25, 0.3) is 0 Å². The van der Waals surface area contributed by atoms with Crippen LogP contribution in [0, 0.1) is 6.92 Å². The summed E-state index contributed by atoms with van der Waals surface area (Å²) >= 11 is 0. The van der Waals surface area contributed by atoms with E-state index in [1.165, 1.54) is 5.56 Å². The molecular formula is C16H24N4O. The molecule has 0 radical (unpaired) electrons. The van der Waals surface area contributed by atoms with Crippen molar-refractivity contribution >= 4 is 0 Å². The maximum absolute atomic E-state index is 5.31. The maximum atomic E-state index is 5.31. The first-order chi connectivity index (χ1) is 10.1. The number of likely N-dealkylation sites (N-methyl/N-ethyl adjacent to an activating group) is 1. The van der Waals surface area contributed by atoms with Crippen molar-refractivity contribution in [1.82, 2.24) is 20.2 Å². The summed E-state index contributed by atoms with van der Waals surface area (Å²) in [4.78, 5) is 9.61. The Morgan fingerprint density at radius 2 is 2.19 bits per heavy atom. The molecule has 1 aromatic heterocycles. The number of benzene rings is 1. The highest BCUT2D eigenvalue weighted by Gasteiger charge is 2.14. The van der Waals surface area contributed by atoms with Crippen LogP contribution in [0.15, 0.2) is 30.6 Å². The van der Waals surface area contributed by atoms with Gasteiger partial charge in [0.05, 0.1) is 19.1 Å². The third-order valence-electron chi connectivity index (χ3n) is 3.67. The Morgan fingerprint density at radius 1 is 1.38 bits per heavy atom. The lowest BCUT2D eigenvalue weighted by molar-refractivity contribution is 0.287. The molecule has 5 heteroatoms. The highest BCUT2D eigenvalue weighted by atomic mass is 16.5. The van der Waals surface area contributed by atoms with E-state index in [1.54, 1.807) is 13.4 Å². The van der Waals surface area contributed by atoms with Gasteiger partial charge in [-0.25, -0.2) is 4.98 Å². The predicted molar refractivity (Wildman–Crippen MR) is 84.5 cm³/mol. The highest BCUT2D eigenvalue weighted by molar-refractivity contribution is 5.30. The van der Waals surface area contributed by atoms with Crippen molar-refractivity contribution in [1.29, 1.82) is 0 Å². The topological polar surface area (TPSA) is 53.2 Å². The largest absolute Gasteiger partial charge is 0.497 e. The lowest BCUT2D eigenvalue weighted by Gasteiger charge is -2.25. The standard InChI is InChI=1S/C16H24N4O/c1-12-15(19-11-18-12)9-17-10-16(20(2)3)13-6-5-7-14(8-13)21-4/h5-8,11,16-17H,9-10H2,1-4H3,(H,18,19). The molecule has 21 heavy (non-hydrogen) atoms. The molecule has 2 aromatic rings. The highest BCUT2D eigenvalue weighted by Crippen LogP contribution is 2.22. The molecular weight excluding hydrogens is 264 g/mol. The van der Waals surface area contributed by atoms with Gasteiger partial charge in [-0.3, -0.25) is 0 Å². The normalized spacial score (nSPS) is 12.6. The number of ether oxygens (including phenoxy) is 1. The fourth-order valence-electron chi connectivity index (χ4n) is 2.34. The van der Waals surface area contributed by atoms with Crippen LogP contribution in [-0.4, -0.2) is 42.6 Å². The van der Waals surface area contributed by atoms with Crippen molar-refractivity contribution in [2.45, 2.75) is 19.5 Å². The van der Waals surface area contributed by atoms with E-state index in [4.69, 9.17) is 4.74 Å². The van der Waals surface area contributed by atoms with Crippen LogP contribution in [0.4, 0.5) is 0 Å². The van der Waals surface area contributed by atoms with E-state index in [-0.39, 0.29) is 0 Å². The number of aromatic nitrogens is 2. The fourth-order valence-corrected chi connectivity index (χ4v) is 2.34. The molecule has 5 nitrogen and oxygen atoms in total. The van der Waals surface area contributed by atoms with E-state index >= 15 is 0 Å². The van der Waals surface area contributed by atoms with Crippen LogP contribution in [0.5, 0.6) is 5.75 Å². The number of rotatable bonds is 7. The summed E-state index contributed by atoms with van der Waals surface area (Å²) in [6.45, 7) is 3.66. The SMILES string of the molecule is COc1cccc(C(CNCc2nc[nH]c2C)N(C)C)c1. The number of imidazole rings is 1. The predicted octanol–water partition coefficient (Wildman–Crippen LogP) is 2.12. The molecule has 2 rings (SSSR count). The molecule has 0 aliphatic heterocycles. The van der Waals surface area contributed by atoms with Crippen LogP contribution >= 0.6 is 0 Å². The quantitative estimate of drug-likeness (QED) is 0.819. The minimum atomic E-state index is 0.291. The molecule has 0 saturated heterocycles. The lowest BCUT2D eigenvalue weighted by Crippen LogP contribution is -2.31. The van der Waals surface area contributed by atoms with Crippen molar-refractivity contribution in [3.05, 3.63) is 47.5 Å². The Hall–Kier alpha value is -1.85. The number of H-pyrrole nitrogens is 1. The van der Waals surface area contributed by atoms with Crippen LogP contribution in [0.2, 0.25) is 0 Å². The third kappa shape index (κ3) is 4.06. The summed E-state index contributed by atoms with van der Waals surface area (Å²) < 4.78 is 5.31. The van der Waals surface area contributed by atoms with E-state index in [1.807, 2.05) is 19.1 Å². The number of hydrogen-bond donors (Lipinski definition) is 2. The minimum absolute atomic E-state index is 0.291. The zero-order valence-electron chi connectivity index (χ0n) is 13.2. The summed E-state index contributed by atoms with van der Waals surface area (Å²) in [5.74, 6) is 0.891. The smallest absolute Gasteiger partial charge is 0.119 e. The average Bonchev–Trinajstić information content (AvgIpc) is 2.88. The Kier molecular flexibility index (Phi) is 5.36. The molecule has 0 bridgehead atoms. The molecule has 0 spiro atoms. The molecule has 1 atom stereocenters. The zero-order chi connectivity index (χ0) is 15.2. The molecule has 114 valence electrons. The summed E-state index contributed by atoms with van der Waals surface area (Å²) in [5.41, 5.74) is 3.43. The van der Waals surface area contributed by atoms with E-state index in [2.05, 4.69) is 46.4 Å². The average molecular weight is 288 g/mol. The van der Waals surface area contributed by atoms with E-state index < -0.39 is 0 Å². The second-order valence-electron chi connectivity index (χ2n) is 5.36. The van der Waals surface area contributed by atoms with Gasteiger partial charge in [0.1, 0.15) is 5.75 Å². The van der Waals surface area contributed by atoms with Gasteiger partial charge in [-0.15, -0.1) is 0 Å². The monoisotopic (exact) mass is 288 g/mol.